The van der Waals surface area contributed by atoms with E-state index in [1.54, 1.807) is 11.3 Å². The normalized spacial score (nSPS) is 17.0. The summed E-state index contributed by atoms with van der Waals surface area (Å²) in [7, 11) is 0. The summed E-state index contributed by atoms with van der Waals surface area (Å²) in [5, 5.41) is 2.99. The maximum atomic E-state index is 12.4. The molecule has 5 heteroatoms. The highest BCUT2D eigenvalue weighted by atomic mass is 32.1. The minimum atomic E-state index is 0.0602. The number of aryl methyl sites for hydroxylation is 1. The van der Waals surface area contributed by atoms with E-state index in [1.807, 2.05) is 24.8 Å². The van der Waals surface area contributed by atoms with Crippen LogP contribution in [0.1, 0.15) is 53.7 Å². The Bertz CT molecular complexity index is 535. The number of nitrogens with zero attached hydrogens (tertiary/aromatic N) is 1. The Morgan fingerprint density at radius 3 is 2.68 bits per heavy atom. The molecule has 4 nitrogen and oxygen atoms in total. The molecule has 1 heterocycles. The number of carbonyl (C=O) groups is 2. The van der Waals surface area contributed by atoms with Crippen LogP contribution in [0.3, 0.4) is 0 Å². The van der Waals surface area contributed by atoms with Gasteiger partial charge in [0.15, 0.2) is 0 Å². The number of rotatable bonds is 6. The molecule has 1 atom stereocenters. The molecule has 0 radical (unpaired) electrons. The lowest BCUT2D eigenvalue weighted by Gasteiger charge is -2.21. The number of carbonyl (C=O) groups excluding carboxylic acids is 2. The molecule has 0 saturated carbocycles. The van der Waals surface area contributed by atoms with Crippen LogP contribution < -0.4 is 5.32 Å². The van der Waals surface area contributed by atoms with Crippen molar-refractivity contribution < 1.29 is 9.59 Å². The van der Waals surface area contributed by atoms with Crippen LogP contribution in [0.25, 0.3) is 0 Å². The zero-order chi connectivity index (χ0) is 16.1. The van der Waals surface area contributed by atoms with Crippen molar-refractivity contribution in [1.29, 1.82) is 0 Å². The van der Waals surface area contributed by atoms with E-state index in [0.29, 0.717) is 0 Å². The van der Waals surface area contributed by atoms with E-state index in [9.17, 15) is 9.59 Å². The van der Waals surface area contributed by atoms with Gasteiger partial charge in [0.05, 0.1) is 4.88 Å². The summed E-state index contributed by atoms with van der Waals surface area (Å²) >= 11 is 1.61. The minimum absolute atomic E-state index is 0.0602. The fraction of sp³-hybridized carbons (Fsp3) is 0.647. The molecule has 0 spiro atoms. The van der Waals surface area contributed by atoms with Gasteiger partial charge in [-0.1, -0.05) is 6.92 Å². The van der Waals surface area contributed by atoms with Crippen LogP contribution in [0.15, 0.2) is 6.07 Å². The van der Waals surface area contributed by atoms with Gasteiger partial charge in [0.1, 0.15) is 0 Å². The predicted octanol–water partition coefficient (Wildman–Crippen LogP) is 2.86. The standard InChI is InChI=1S/C17H26N2O2S/c1-4-9-18-16(20)12-7-8-14-13(10-12)11-15(22-14)17(21)19(5-2)6-3/h11-12H,4-10H2,1-3H3,(H,18,20)/t12-/m1/s1. The molecule has 1 aliphatic carbocycles. The lowest BCUT2D eigenvalue weighted by Crippen LogP contribution is -2.34. The summed E-state index contributed by atoms with van der Waals surface area (Å²) in [4.78, 5) is 28.5. The Morgan fingerprint density at radius 2 is 2.05 bits per heavy atom. The van der Waals surface area contributed by atoms with Crippen molar-refractivity contribution >= 4 is 23.2 Å². The molecule has 2 amide bonds. The Labute approximate surface area is 136 Å². The first-order valence-corrected chi connectivity index (χ1v) is 9.10. The monoisotopic (exact) mass is 322 g/mol. The molecule has 1 aromatic heterocycles. The van der Waals surface area contributed by atoms with Crippen molar-refractivity contribution in [2.45, 2.75) is 46.5 Å². The summed E-state index contributed by atoms with van der Waals surface area (Å²) in [6, 6.07) is 2.01. The largest absolute Gasteiger partial charge is 0.356 e. The highest BCUT2D eigenvalue weighted by Crippen LogP contribution is 2.33. The Kier molecular flexibility index (Phi) is 6.00. The van der Waals surface area contributed by atoms with Gasteiger partial charge in [-0.15, -0.1) is 11.3 Å². The van der Waals surface area contributed by atoms with Crippen molar-refractivity contribution in [3.63, 3.8) is 0 Å². The van der Waals surface area contributed by atoms with Crippen LogP contribution in [0, 0.1) is 5.92 Å². The van der Waals surface area contributed by atoms with E-state index in [2.05, 4.69) is 12.2 Å². The molecule has 1 aliphatic rings. The Balaban J connectivity index is 2.07. The summed E-state index contributed by atoms with van der Waals surface area (Å²) < 4.78 is 0. The van der Waals surface area contributed by atoms with Crippen LogP contribution in [-0.4, -0.2) is 36.3 Å². The number of nitrogens with one attached hydrogen (secondary N) is 1. The van der Waals surface area contributed by atoms with Gasteiger partial charge in [0, 0.05) is 30.4 Å². The maximum Gasteiger partial charge on any atom is 0.263 e. The maximum absolute atomic E-state index is 12.4. The van der Waals surface area contributed by atoms with Crippen LogP contribution in [0.5, 0.6) is 0 Å². The molecule has 22 heavy (non-hydrogen) atoms. The molecule has 0 bridgehead atoms. The van der Waals surface area contributed by atoms with E-state index in [1.165, 1.54) is 10.4 Å². The summed E-state index contributed by atoms with van der Waals surface area (Å²) in [6.45, 7) is 8.28. The third-order valence-corrected chi connectivity index (χ3v) is 5.49. The molecule has 0 fully saturated rings. The summed E-state index contributed by atoms with van der Waals surface area (Å²) in [5.74, 6) is 0.344. The molecule has 0 saturated heterocycles. The number of hydrogen-bond acceptors (Lipinski definition) is 3. The van der Waals surface area contributed by atoms with Crippen molar-refractivity contribution in [2.75, 3.05) is 19.6 Å². The quantitative estimate of drug-likeness (QED) is 0.875. The fourth-order valence-corrected chi connectivity index (χ4v) is 4.09. The van der Waals surface area contributed by atoms with Gasteiger partial charge in [-0.2, -0.15) is 0 Å². The van der Waals surface area contributed by atoms with Gasteiger partial charge in [0.25, 0.3) is 5.91 Å². The third kappa shape index (κ3) is 3.69. The van der Waals surface area contributed by atoms with Gasteiger partial charge in [-0.05, 0) is 51.2 Å². The second-order valence-electron chi connectivity index (χ2n) is 5.77. The van der Waals surface area contributed by atoms with Crippen LogP contribution in [0.2, 0.25) is 0 Å². The highest BCUT2D eigenvalue weighted by molar-refractivity contribution is 7.14. The van der Waals surface area contributed by atoms with E-state index in [0.717, 1.165) is 50.2 Å². The van der Waals surface area contributed by atoms with E-state index in [-0.39, 0.29) is 17.7 Å². The molecule has 1 aromatic rings. The average molecular weight is 322 g/mol. The van der Waals surface area contributed by atoms with Gasteiger partial charge < -0.3 is 10.2 Å². The summed E-state index contributed by atoms with van der Waals surface area (Å²) in [5.41, 5.74) is 1.20. The predicted molar refractivity (Wildman–Crippen MR) is 90.4 cm³/mol. The van der Waals surface area contributed by atoms with Crippen LogP contribution in [-0.2, 0) is 17.6 Å². The topological polar surface area (TPSA) is 49.4 Å². The van der Waals surface area contributed by atoms with Crippen LogP contribution in [0.4, 0.5) is 0 Å². The summed E-state index contributed by atoms with van der Waals surface area (Å²) in [6.07, 6.45) is 3.54. The molecule has 122 valence electrons. The Hall–Kier alpha value is -1.36. The average Bonchev–Trinajstić information content (AvgIpc) is 2.96. The SMILES string of the molecule is CCCNC(=O)[C@@H]1CCc2sc(C(=O)N(CC)CC)cc2C1. The second-order valence-corrected chi connectivity index (χ2v) is 6.90. The van der Waals surface area contributed by atoms with Crippen molar-refractivity contribution in [1.82, 2.24) is 10.2 Å². The van der Waals surface area contributed by atoms with Gasteiger partial charge in [-0.3, -0.25) is 9.59 Å². The van der Waals surface area contributed by atoms with Crippen molar-refractivity contribution in [3.05, 3.63) is 21.4 Å². The fourth-order valence-electron chi connectivity index (χ4n) is 2.91. The third-order valence-electron chi connectivity index (χ3n) is 4.26. The molecular weight excluding hydrogens is 296 g/mol. The highest BCUT2D eigenvalue weighted by Gasteiger charge is 2.27. The molecule has 0 unspecified atom stereocenters. The number of amides is 2. The second kappa shape index (κ2) is 7.77. The smallest absolute Gasteiger partial charge is 0.263 e. The Morgan fingerprint density at radius 1 is 1.32 bits per heavy atom. The van der Waals surface area contributed by atoms with Gasteiger partial charge in [0.2, 0.25) is 5.91 Å². The zero-order valence-electron chi connectivity index (χ0n) is 13.8. The van der Waals surface area contributed by atoms with Crippen LogP contribution >= 0.6 is 11.3 Å². The lowest BCUT2D eigenvalue weighted by molar-refractivity contribution is -0.125. The number of fused-ring (bicyclic) bond motifs is 1. The molecule has 0 aliphatic heterocycles. The van der Waals surface area contributed by atoms with Gasteiger partial charge in [-0.25, -0.2) is 0 Å². The minimum Gasteiger partial charge on any atom is -0.356 e. The zero-order valence-corrected chi connectivity index (χ0v) is 14.6. The van der Waals surface area contributed by atoms with Crippen molar-refractivity contribution in [2.24, 2.45) is 5.92 Å². The molecular formula is C17H26N2O2S. The van der Waals surface area contributed by atoms with E-state index < -0.39 is 0 Å². The molecule has 1 N–H and O–H groups in total. The van der Waals surface area contributed by atoms with Gasteiger partial charge >= 0.3 is 0 Å². The van der Waals surface area contributed by atoms with E-state index >= 15 is 0 Å². The molecule has 2 rings (SSSR count). The number of thiophene rings is 1. The lowest BCUT2D eigenvalue weighted by atomic mass is 9.87. The van der Waals surface area contributed by atoms with E-state index in [4.69, 9.17) is 0 Å². The number of hydrogen-bond donors (Lipinski definition) is 1. The first-order chi connectivity index (χ1) is 10.6. The van der Waals surface area contributed by atoms with Crippen molar-refractivity contribution in [3.8, 4) is 0 Å². The first-order valence-electron chi connectivity index (χ1n) is 8.29. The first kappa shape index (κ1) is 17.0. The molecule has 0 aromatic carbocycles.